The van der Waals surface area contributed by atoms with E-state index < -0.39 is 15.9 Å². The molecule has 6 nitrogen and oxygen atoms in total. The molecular weight excluding hydrogens is 340 g/mol. The maximum atomic E-state index is 12.5. The van der Waals surface area contributed by atoms with Gasteiger partial charge in [0, 0.05) is 0 Å². The molecule has 0 fully saturated rings. The van der Waals surface area contributed by atoms with Crippen molar-refractivity contribution in [2.75, 3.05) is 4.72 Å². The van der Waals surface area contributed by atoms with E-state index in [9.17, 15) is 13.2 Å². The van der Waals surface area contributed by atoms with Crippen LogP contribution < -0.4 is 10.0 Å². The number of rotatable bonds is 6. The summed E-state index contributed by atoms with van der Waals surface area (Å²) in [4.78, 5) is 12.5. The minimum absolute atomic E-state index is 0.126. The molecule has 2 N–H and O–H groups in total. The van der Waals surface area contributed by atoms with Crippen molar-refractivity contribution >= 4 is 21.6 Å². The van der Waals surface area contributed by atoms with Gasteiger partial charge in [-0.2, -0.15) is 0 Å². The highest BCUT2D eigenvalue weighted by Crippen LogP contribution is 2.20. The minimum atomic E-state index is -3.78. The Bertz CT molecular complexity index is 952. The van der Waals surface area contributed by atoms with E-state index in [1.54, 1.807) is 54.6 Å². The van der Waals surface area contributed by atoms with Crippen molar-refractivity contribution in [3.63, 3.8) is 0 Å². The molecule has 0 bridgehead atoms. The fourth-order valence-corrected chi connectivity index (χ4v) is 3.35. The molecule has 1 heterocycles. The van der Waals surface area contributed by atoms with Gasteiger partial charge in [0.1, 0.15) is 5.76 Å². The van der Waals surface area contributed by atoms with E-state index >= 15 is 0 Å². The zero-order chi connectivity index (χ0) is 17.7. The first kappa shape index (κ1) is 16.8. The Hall–Kier alpha value is -3.06. The molecule has 0 atom stereocenters. The third-order valence-electron chi connectivity index (χ3n) is 3.47. The second kappa shape index (κ2) is 7.23. The quantitative estimate of drug-likeness (QED) is 0.711. The first-order chi connectivity index (χ1) is 12.1. The number of carbonyl (C=O) groups excluding carboxylic acids is 1. The summed E-state index contributed by atoms with van der Waals surface area (Å²) in [7, 11) is -3.78. The van der Waals surface area contributed by atoms with E-state index in [1.807, 2.05) is 0 Å². The number of para-hydroxylation sites is 1. The lowest BCUT2D eigenvalue weighted by atomic mass is 10.1. The SMILES string of the molecule is O=C(NCc1ccco1)c1ccccc1NS(=O)(=O)c1ccccc1. The highest BCUT2D eigenvalue weighted by atomic mass is 32.2. The third-order valence-corrected chi connectivity index (χ3v) is 4.85. The molecule has 0 saturated heterocycles. The Kier molecular flexibility index (Phi) is 4.85. The van der Waals surface area contributed by atoms with E-state index in [0.29, 0.717) is 5.76 Å². The number of benzene rings is 2. The minimum Gasteiger partial charge on any atom is -0.467 e. The number of sulfonamides is 1. The van der Waals surface area contributed by atoms with Gasteiger partial charge in [-0.3, -0.25) is 9.52 Å². The average molecular weight is 356 g/mol. The van der Waals surface area contributed by atoms with E-state index in [1.165, 1.54) is 18.4 Å². The zero-order valence-electron chi connectivity index (χ0n) is 13.2. The van der Waals surface area contributed by atoms with E-state index in [-0.39, 0.29) is 22.7 Å². The third kappa shape index (κ3) is 4.07. The largest absolute Gasteiger partial charge is 0.467 e. The van der Waals surface area contributed by atoms with Crippen LogP contribution in [0, 0.1) is 0 Å². The fraction of sp³-hybridized carbons (Fsp3) is 0.0556. The van der Waals surface area contributed by atoms with Gasteiger partial charge < -0.3 is 9.73 Å². The zero-order valence-corrected chi connectivity index (χ0v) is 14.0. The number of nitrogens with one attached hydrogen (secondary N) is 2. The van der Waals surface area contributed by atoms with Gasteiger partial charge in [0.25, 0.3) is 15.9 Å². The molecule has 2 aromatic carbocycles. The van der Waals surface area contributed by atoms with Crippen molar-refractivity contribution in [1.29, 1.82) is 0 Å². The lowest BCUT2D eigenvalue weighted by molar-refractivity contribution is 0.0949. The first-order valence-electron chi connectivity index (χ1n) is 7.54. The van der Waals surface area contributed by atoms with Crippen LogP contribution >= 0.6 is 0 Å². The summed E-state index contributed by atoms with van der Waals surface area (Å²) >= 11 is 0. The van der Waals surface area contributed by atoms with Gasteiger partial charge >= 0.3 is 0 Å². The van der Waals surface area contributed by atoms with Gasteiger partial charge in [0.15, 0.2) is 0 Å². The lowest BCUT2D eigenvalue weighted by Gasteiger charge is -2.12. The molecule has 25 heavy (non-hydrogen) atoms. The number of carbonyl (C=O) groups is 1. The number of amides is 1. The highest BCUT2D eigenvalue weighted by molar-refractivity contribution is 7.92. The standard InChI is InChI=1S/C18H16N2O4S/c21-18(19-13-14-7-6-12-24-14)16-10-4-5-11-17(16)20-25(22,23)15-8-2-1-3-9-15/h1-12,20H,13H2,(H,19,21). The van der Waals surface area contributed by atoms with E-state index in [2.05, 4.69) is 10.0 Å². The molecule has 0 aliphatic carbocycles. The maximum Gasteiger partial charge on any atom is 0.261 e. The van der Waals surface area contributed by atoms with Crippen LogP contribution in [-0.4, -0.2) is 14.3 Å². The van der Waals surface area contributed by atoms with Crippen LogP contribution in [-0.2, 0) is 16.6 Å². The lowest BCUT2D eigenvalue weighted by Crippen LogP contribution is -2.24. The maximum absolute atomic E-state index is 12.5. The molecule has 0 radical (unpaired) electrons. The van der Waals surface area contributed by atoms with Crippen LogP contribution in [0.25, 0.3) is 0 Å². The Labute approximate surface area is 145 Å². The number of hydrogen-bond acceptors (Lipinski definition) is 4. The molecule has 0 saturated carbocycles. The van der Waals surface area contributed by atoms with Crippen molar-refractivity contribution in [2.45, 2.75) is 11.4 Å². The van der Waals surface area contributed by atoms with Gasteiger partial charge in [-0.15, -0.1) is 0 Å². The second-order valence-corrected chi connectivity index (χ2v) is 6.91. The average Bonchev–Trinajstić information content (AvgIpc) is 3.14. The molecule has 0 unspecified atom stereocenters. The van der Waals surface area contributed by atoms with Crippen molar-refractivity contribution in [2.24, 2.45) is 0 Å². The Morgan fingerprint density at radius 2 is 1.64 bits per heavy atom. The predicted molar refractivity (Wildman–Crippen MR) is 93.6 cm³/mol. The van der Waals surface area contributed by atoms with Crippen molar-refractivity contribution in [1.82, 2.24) is 5.32 Å². The van der Waals surface area contributed by atoms with Crippen LogP contribution in [0.3, 0.4) is 0 Å². The highest BCUT2D eigenvalue weighted by Gasteiger charge is 2.18. The molecule has 7 heteroatoms. The monoisotopic (exact) mass is 356 g/mol. The van der Waals surface area contributed by atoms with Gasteiger partial charge in [-0.05, 0) is 36.4 Å². The molecule has 1 amide bonds. The van der Waals surface area contributed by atoms with Crippen molar-refractivity contribution in [3.05, 3.63) is 84.3 Å². The molecule has 1 aromatic heterocycles. The van der Waals surface area contributed by atoms with E-state index in [0.717, 1.165) is 0 Å². The summed E-state index contributed by atoms with van der Waals surface area (Å²) in [6, 6.07) is 17.9. The topological polar surface area (TPSA) is 88.4 Å². The van der Waals surface area contributed by atoms with Crippen LogP contribution in [0.5, 0.6) is 0 Å². The van der Waals surface area contributed by atoms with Crippen molar-refractivity contribution < 1.29 is 17.6 Å². The first-order valence-corrected chi connectivity index (χ1v) is 9.02. The molecular formula is C18H16N2O4S. The van der Waals surface area contributed by atoms with Gasteiger partial charge in [0.2, 0.25) is 0 Å². The van der Waals surface area contributed by atoms with Crippen LogP contribution in [0.4, 0.5) is 5.69 Å². The molecule has 0 spiro atoms. The molecule has 0 aliphatic heterocycles. The molecule has 128 valence electrons. The summed E-state index contributed by atoms with van der Waals surface area (Å²) in [5.41, 5.74) is 0.442. The van der Waals surface area contributed by atoms with Crippen molar-refractivity contribution in [3.8, 4) is 0 Å². The Morgan fingerprint density at radius 3 is 2.36 bits per heavy atom. The summed E-state index contributed by atoms with van der Waals surface area (Å²) in [5.74, 6) is 0.207. The smallest absolute Gasteiger partial charge is 0.261 e. The summed E-state index contributed by atoms with van der Waals surface area (Å²) in [6.45, 7) is 0.214. The van der Waals surface area contributed by atoms with Crippen LogP contribution in [0.1, 0.15) is 16.1 Å². The van der Waals surface area contributed by atoms with E-state index in [4.69, 9.17) is 4.42 Å². The predicted octanol–water partition coefficient (Wildman–Crippen LogP) is 3.01. The van der Waals surface area contributed by atoms with Gasteiger partial charge in [-0.25, -0.2) is 8.42 Å². The number of furan rings is 1. The molecule has 3 rings (SSSR count). The summed E-state index contributed by atoms with van der Waals surface area (Å²) in [6.07, 6.45) is 1.52. The number of anilines is 1. The second-order valence-electron chi connectivity index (χ2n) is 5.23. The fourth-order valence-electron chi connectivity index (χ4n) is 2.25. The molecule has 3 aromatic rings. The number of hydrogen-bond donors (Lipinski definition) is 2. The van der Waals surface area contributed by atoms with Crippen LogP contribution in [0.2, 0.25) is 0 Å². The van der Waals surface area contributed by atoms with Crippen LogP contribution in [0.15, 0.2) is 82.3 Å². The Balaban J connectivity index is 1.80. The normalized spacial score (nSPS) is 11.0. The summed E-state index contributed by atoms with van der Waals surface area (Å²) < 4.78 is 32.6. The van der Waals surface area contributed by atoms with Gasteiger partial charge in [-0.1, -0.05) is 30.3 Å². The summed E-state index contributed by atoms with van der Waals surface area (Å²) in [5, 5.41) is 2.70. The Morgan fingerprint density at radius 1 is 0.920 bits per heavy atom. The molecule has 0 aliphatic rings. The van der Waals surface area contributed by atoms with Gasteiger partial charge in [0.05, 0.1) is 29.0 Å².